The number of amides is 1. The summed E-state index contributed by atoms with van der Waals surface area (Å²) in [6, 6.07) is 16.2. The van der Waals surface area contributed by atoms with Crippen LogP contribution in [-0.4, -0.2) is 33.9 Å². The molecule has 32 heavy (non-hydrogen) atoms. The van der Waals surface area contributed by atoms with Crippen LogP contribution in [0, 0.1) is 5.82 Å². The van der Waals surface area contributed by atoms with Crippen LogP contribution < -0.4 is 19.1 Å². The Hall–Kier alpha value is -3.24. The molecule has 0 fully saturated rings. The molecule has 0 unspecified atom stereocenters. The molecule has 0 radical (unpaired) electrons. The van der Waals surface area contributed by atoms with Crippen LogP contribution >= 0.6 is 11.8 Å². The molecule has 0 aromatic heterocycles. The van der Waals surface area contributed by atoms with Gasteiger partial charge in [-0.1, -0.05) is 6.07 Å². The van der Waals surface area contributed by atoms with Crippen molar-refractivity contribution in [1.29, 1.82) is 0 Å². The van der Waals surface area contributed by atoms with E-state index in [0.717, 1.165) is 15.3 Å². The molecule has 3 aromatic carbocycles. The second kappa shape index (κ2) is 9.09. The highest BCUT2D eigenvalue weighted by atomic mass is 32.2. The standard InChI is InChI=1S/C22H19FN2O5S2/c1-31-18-6-8-19(9-7-18)32(27,28)25(17-4-2-3-15(23)11-17)13-22(26)24-16-5-10-20-21(12-16)30-14-29-20/h2-12H,13-14H2,1H3,(H,24,26). The first kappa shape index (κ1) is 22.0. The molecule has 0 bridgehead atoms. The molecule has 1 amide bonds. The van der Waals surface area contributed by atoms with Crippen LogP contribution in [0.15, 0.2) is 76.5 Å². The third-order valence-electron chi connectivity index (χ3n) is 4.69. The zero-order valence-electron chi connectivity index (χ0n) is 16.9. The van der Waals surface area contributed by atoms with E-state index in [9.17, 15) is 17.6 Å². The van der Waals surface area contributed by atoms with Gasteiger partial charge >= 0.3 is 0 Å². The Morgan fingerprint density at radius 3 is 2.53 bits per heavy atom. The lowest BCUT2D eigenvalue weighted by Crippen LogP contribution is -2.38. The summed E-state index contributed by atoms with van der Waals surface area (Å²) in [7, 11) is -4.14. The number of carbonyl (C=O) groups excluding carboxylic acids is 1. The molecule has 1 aliphatic heterocycles. The number of hydrogen-bond donors (Lipinski definition) is 1. The molecular weight excluding hydrogens is 455 g/mol. The van der Waals surface area contributed by atoms with Gasteiger partial charge in [-0.25, -0.2) is 12.8 Å². The average Bonchev–Trinajstić information content (AvgIpc) is 3.25. The largest absolute Gasteiger partial charge is 0.454 e. The predicted octanol–water partition coefficient (Wildman–Crippen LogP) is 4.11. The Labute approximate surface area is 189 Å². The van der Waals surface area contributed by atoms with Crippen molar-refractivity contribution in [2.75, 3.05) is 29.2 Å². The number of rotatable bonds is 7. The number of halogens is 1. The van der Waals surface area contributed by atoms with Crippen molar-refractivity contribution >= 4 is 39.1 Å². The van der Waals surface area contributed by atoms with Gasteiger partial charge in [0.15, 0.2) is 11.5 Å². The number of nitrogens with one attached hydrogen (secondary N) is 1. The molecule has 10 heteroatoms. The van der Waals surface area contributed by atoms with Crippen LogP contribution in [0.5, 0.6) is 11.5 Å². The molecule has 1 aliphatic rings. The van der Waals surface area contributed by atoms with Gasteiger partial charge in [-0.3, -0.25) is 9.10 Å². The topological polar surface area (TPSA) is 84.9 Å². The number of sulfonamides is 1. The van der Waals surface area contributed by atoms with E-state index in [0.29, 0.717) is 17.2 Å². The maximum atomic E-state index is 13.9. The van der Waals surface area contributed by atoms with Gasteiger partial charge in [-0.05, 0) is 60.9 Å². The minimum atomic E-state index is -4.14. The summed E-state index contributed by atoms with van der Waals surface area (Å²) in [4.78, 5) is 13.7. The zero-order chi connectivity index (χ0) is 22.7. The summed E-state index contributed by atoms with van der Waals surface area (Å²) < 4.78 is 52.0. The Morgan fingerprint density at radius 2 is 1.81 bits per heavy atom. The minimum Gasteiger partial charge on any atom is -0.454 e. The first-order valence-electron chi connectivity index (χ1n) is 9.49. The molecule has 7 nitrogen and oxygen atoms in total. The highest BCUT2D eigenvalue weighted by Crippen LogP contribution is 2.34. The van der Waals surface area contributed by atoms with Gasteiger partial charge in [0.1, 0.15) is 12.4 Å². The number of fused-ring (bicyclic) bond motifs is 1. The summed E-state index contributed by atoms with van der Waals surface area (Å²) in [6.45, 7) is -0.460. The van der Waals surface area contributed by atoms with E-state index in [-0.39, 0.29) is 17.4 Å². The van der Waals surface area contributed by atoms with Crippen LogP contribution in [0.4, 0.5) is 15.8 Å². The normalized spacial score (nSPS) is 12.4. The molecule has 0 saturated heterocycles. The fourth-order valence-electron chi connectivity index (χ4n) is 3.13. The van der Waals surface area contributed by atoms with Crippen molar-refractivity contribution < 1.29 is 27.1 Å². The van der Waals surface area contributed by atoms with E-state index in [1.165, 1.54) is 42.1 Å². The molecule has 1 N–H and O–H groups in total. The average molecular weight is 475 g/mol. The lowest BCUT2D eigenvalue weighted by Gasteiger charge is -2.24. The molecular formula is C22H19FN2O5S2. The summed E-state index contributed by atoms with van der Waals surface area (Å²) >= 11 is 1.47. The summed E-state index contributed by atoms with van der Waals surface area (Å²) in [5, 5.41) is 2.65. The van der Waals surface area contributed by atoms with E-state index in [1.54, 1.807) is 30.3 Å². The lowest BCUT2D eigenvalue weighted by molar-refractivity contribution is -0.114. The number of ether oxygens (including phenoxy) is 2. The molecule has 1 heterocycles. The lowest BCUT2D eigenvalue weighted by atomic mass is 10.2. The first-order chi connectivity index (χ1) is 15.4. The van der Waals surface area contributed by atoms with E-state index in [4.69, 9.17) is 9.47 Å². The SMILES string of the molecule is CSc1ccc(S(=O)(=O)N(CC(=O)Nc2ccc3c(c2)OCO3)c2cccc(F)c2)cc1. The number of carbonyl (C=O) groups is 1. The molecule has 0 spiro atoms. The van der Waals surface area contributed by atoms with Crippen LogP contribution in [0.3, 0.4) is 0 Å². The molecule has 0 aliphatic carbocycles. The molecule has 3 aromatic rings. The van der Waals surface area contributed by atoms with Crippen molar-refractivity contribution in [2.45, 2.75) is 9.79 Å². The van der Waals surface area contributed by atoms with Gasteiger partial charge in [0, 0.05) is 16.6 Å². The minimum absolute atomic E-state index is 0.00422. The van der Waals surface area contributed by atoms with Crippen molar-refractivity contribution in [3.63, 3.8) is 0 Å². The quantitative estimate of drug-likeness (QED) is 0.519. The summed E-state index contributed by atoms with van der Waals surface area (Å²) in [5.41, 5.74) is 0.458. The van der Waals surface area contributed by atoms with Crippen molar-refractivity contribution in [1.82, 2.24) is 0 Å². The Bertz CT molecular complexity index is 1250. The van der Waals surface area contributed by atoms with E-state index >= 15 is 0 Å². The maximum Gasteiger partial charge on any atom is 0.264 e. The highest BCUT2D eigenvalue weighted by Gasteiger charge is 2.28. The Kier molecular flexibility index (Phi) is 6.24. The van der Waals surface area contributed by atoms with E-state index < -0.39 is 28.3 Å². The second-order valence-electron chi connectivity index (χ2n) is 6.78. The molecule has 0 saturated carbocycles. The third kappa shape index (κ3) is 4.66. The highest BCUT2D eigenvalue weighted by molar-refractivity contribution is 7.98. The van der Waals surface area contributed by atoms with Gasteiger partial charge in [0.25, 0.3) is 10.0 Å². The molecule has 0 atom stereocenters. The van der Waals surface area contributed by atoms with E-state index in [2.05, 4.69) is 5.32 Å². The predicted molar refractivity (Wildman–Crippen MR) is 120 cm³/mol. The zero-order valence-corrected chi connectivity index (χ0v) is 18.6. The van der Waals surface area contributed by atoms with Gasteiger partial charge in [0.05, 0.1) is 10.6 Å². The summed E-state index contributed by atoms with van der Waals surface area (Å²) in [5.74, 6) is -0.180. The van der Waals surface area contributed by atoms with Gasteiger partial charge in [-0.15, -0.1) is 11.8 Å². The second-order valence-corrected chi connectivity index (χ2v) is 9.53. The number of thioether (sulfide) groups is 1. The number of benzene rings is 3. The number of hydrogen-bond acceptors (Lipinski definition) is 6. The fourth-order valence-corrected chi connectivity index (χ4v) is 4.95. The Balaban J connectivity index is 1.62. The van der Waals surface area contributed by atoms with Crippen LogP contribution in [-0.2, 0) is 14.8 Å². The van der Waals surface area contributed by atoms with Crippen LogP contribution in [0.2, 0.25) is 0 Å². The smallest absolute Gasteiger partial charge is 0.264 e. The van der Waals surface area contributed by atoms with Gasteiger partial charge in [-0.2, -0.15) is 0 Å². The number of nitrogens with zero attached hydrogens (tertiary/aromatic N) is 1. The summed E-state index contributed by atoms with van der Waals surface area (Å²) in [6.07, 6.45) is 1.88. The van der Waals surface area contributed by atoms with Crippen molar-refractivity contribution in [2.24, 2.45) is 0 Å². The third-order valence-corrected chi connectivity index (χ3v) is 7.22. The van der Waals surface area contributed by atoms with Crippen molar-refractivity contribution in [3.05, 3.63) is 72.5 Å². The first-order valence-corrected chi connectivity index (χ1v) is 12.2. The van der Waals surface area contributed by atoms with Gasteiger partial charge < -0.3 is 14.8 Å². The molecule has 166 valence electrons. The van der Waals surface area contributed by atoms with Crippen LogP contribution in [0.25, 0.3) is 0 Å². The Morgan fingerprint density at radius 1 is 1.06 bits per heavy atom. The number of anilines is 2. The van der Waals surface area contributed by atoms with E-state index in [1.807, 2.05) is 6.26 Å². The molecule has 4 rings (SSSR count). The monoisotopic (exact) mass is 474 g/mol. The fraction of sp³-hybridized carbons (Fsp3) is 0.136. The van der Waals surface area contributed by atoms with Crippen LogP contribution in [0.1, 0.15) is 0 Å². The van der Waals surface area contributed by atoms with Crippen molar-refractivity contribution in [3.8, 4) is 11.5 Å². The maximum absolute atomic E-state index is 13.9. The van der Waals surface area contributed by atoms with Gasteiger partial charge in [0.2, 0.25) is 12.7 Å².